The molecule has 4 nitrogen and oxygen atoms in total. The first kappa shape index (κ1) is 21.2. The topological polar surface area (TPSA) is 47.9 Å². The van der Waals surface area contributed by atoms with Gasteiger partial charge in [0.1, 0.15) is 24.2 Å². The van der Waals surface area contributed by atoms with E-state index in [0.717, 1.165) is 37.9 Å². The lowest BCUT2D eigenvalue weighted by Gasteiger charge is -2.47. The molecule has 3 aliphatic rings. The van der Waals surface area contributed by atoms with Crippen molar-refractivity contribution in [2.45, 2.75) is 71.5 Å². The highest BCUT2D eigenvalue weighted by atomic mass is 16.6. The van der Waals surface area contributed by atoms with E-state index in [2.05, 4.69) is 42.4 Å². The standard InChI is InChI=1S/C28H33NO3/c1-18(2)32-29-26-16-25-24-11-9-20-15-21(31-17-19-7-5-4-6-8-19)10-12-22(20)23(24)13-14-28(25,3)27(26)30/h4-8,10,12,15,18,23-25H,9,11,13-14,16-17H2,1-3H3/b29-26+/t23-,24-,25+,28+/m1/s1. The first-order valence-corrected chi connectivity index (χ1v) is 12.0. The Morgan fingerprint density at radius 2 is 1.94 bits per heavy atom. The summed E-state index contributed by atoms with van der Waals surface area (Å²) < 4.78 is 6.08. The monoisotopic (exact) mass is 431 g/mol. The number of ketones is 1. The van der Waals surface area contributed by atoms with Crippen LogP contribution in [0.25, 0.3) is 0 Å². The number of nitrogens with zero attached hydrogens (tertiary/aromatic N) is 1. The molecule has 0 saturated heterocycles. The Morgan fingerprint density at radius 3 is 2.72 bits per heavy atom. The predicted molar refractivity (Wildman–Crippen MR) is 126 cm³/mol. The normalized spacial score (nSPS) is 30.1. The molecule has 0 unspecified atom stereocenters. The molecular weight excluding hydrogens is 398 g/mol. The van der Waals surface area contributed by atoms with Crippen molar-refractivity contribution >= 4 is 11.5 Å². The van der Waals surface area contributed by atoms with Crippen LogP contribution in [0.3, 0.4) is 0 Å². The maximum atomic E-state index is 13.2. The second-order valence-electron chi connectivity index (χ2n) is 10.2. The Kier molecular flexibility index (Phi) is 5.56. The summed E-state index contributed by atoms with van der Waals surface area (Å²) >= 11 is 0. The van der Waals surface area contributed by atoms with Crippen LogP contribution in [-0.2, 0) is 22.7 Å². The van der Waals surface area contributed by atoms with Gasteiger partial charge in [-0.2, -0.15) is 0 Å². The van der Waals surface area contributed by atoms with Gasteiger partial charge in [-0.1, -0.05) is 48.5 Å². The summed E-state index contributed by atoms with van der Waals surface area (Å²) in [7, 11) is 0. The van der Waals surface area contributed by atoms with Crippen molar-refractivity contribution < 1.29 is 14.4 Å². The van der Waals surface area contributed by atoms with Gasteiger partial charge < -0.3 is 9.57 Å². The van der Waals surface area contributed by atoms with Gasteiger partial charge in [0.25, 0.3) is 0 Å². The number of rotatable bonds is 5. The molecule has 32 heavy (non-hydrogen) atoms. The summed E-state index contributed by atoms with van der Waals surface area (Å²) in [5.74, 6) is 2.59. The molecule has 0 N–H and O–H groups in total. The molecule has 2 aromatic rings. The lowest BCUT2D eigenvalue weighted by molar-refractivity contribution is -0.125. The summed E-state index contributed by atoms with van der Waals surface area (Å²) in [5, 5.41) is 4.26. The highest BCUT2D eigenvalue weighted by Gasteiger charge is 2.57. The Balaban J connectivity index is 1.34. The molecule has 2 saturated carbocycles. The number of oxime groups is 1. The molecule has 4 atom stereocenters. The van der Waals surface area contributed by atoms with E-state index < -0.39 is 0 Å². The zero-order valence-electron chi connectivity index (χ0n) is 19.3. The maximum Gasteiger partial charge on any atom is 0.186 e. The van der Waals surface area contributed by atoms with E-state index >= 15 is 0 Å². The largest absolute Gasteiger partial charge is 0.489 e. The van der Waals surface area contributed by atoms with Gasteiger partial charge in [0.15, 0.2) is 5.78 Å². The van der Waals surface area contributed by atoms with Crippen molar-refractivity contribution in [3.8, 4) is 5.75 Å². The molecule has 0 spiro atoms. The number of benzene rings is 2. The third-order valence-electron chi connectivity index (χ3n) is 7.90. The van der Waals surface area contributed by atoms with Gasteiger partial charge in [-0.05, 0) is 86.1 Å². The Hall–Kier alpha value is -2.62. The van der Waals surface area contributed by atoms with Crippen molar-refractivity contribution in [2.24, 2.45) is 22.4 Å². The van der Waals surface area contributed by atoms with E-state index in [0.29, 0.717) is 30.1 Å². The fourth-order valence-electron chi connectivity index (χ4n) is 6.25. The average molecular weight is 432 g/mol. The first-order valence-electron chi connectivity index (χ1n) is 12.0. The molecular formula is C28H33NO3. The molecule has 4 heteroatoms. The number of Topliss-reactive ketones (excluding diaryl/α,β-unsaturated/α-hetero) is 1. The van der Waals surface area contributed by atoms with Crippen LogP contribution in [0, 0.1) is 17.3 Å². The minimum Gasteiger partial charge on any atom is -0.489 e. The van der Waals surface area contributed by atoms with Gasteiger partial charge in [0.05, 0.1) is 0 Å². The molecule has 168 valence electrons. The third kappa shape index (κ3) is 3.74. The van der Waals surface area contributed by atoms with E-state index in [1.165, 1.54) is 16.7 Å². The van der Waals surface area contributed by atoms with Gasteiger partial charge in [0.2, 0.25) is 0 Å². The molecule has 0 aliphatic heterocycles. The summed E-state index contributed by atoms with van der Waals surface area (Å²) in [5.41, 5.74) is 4.44. The van der Waals surface area contributed by atoms with E-state index in [9.17, 15) is 4.79 Å². The highest BCUT2D eigenvalue weighted by Crippen LogP contribution is 2.59. The van der Waals surface area contributed by atoms with Crippen LogP contribution >= 0.6 is 0 Å². The van der Waals surface area contributed by atoms with Gasteiger partial charge >= 0.3 is 0 Å². The third-order valence-corrected chi connectivity index (χ3v) is 7.90. The van der Waals surface area contributed by atoms with Crippen LogP contribution in [0.5, 0.6) is 5.75 Å². The second-order valence-corrected chi connectivity index (χ2v) is 10.2. The molecule has 0 aromatic heterocycles. The Bertz CT molecular complexity index is 1030. The predicted octanol–water partition coefficient (Wildman–Crippen LogP) is 6.08. The zero-order chi connectivity index (χ0) is 22.3. The van der Waals surface area contributed by atoms with Gasteiger partial charge in [-0.15, -0.1) is 0 Å². The van der Waals surface area contributed by atoms with Crippen LogP contribution in [0.4, 0.5) is 0 Å². The number of ether oxygens (including phenoxy) is 1. The molecule has 0 bridgehead atoms. The molecule has 3 aliphatic carbocycles. The van der Waals surface area contributed by atoms with Crippen LogP contribution in [0.1, 0.15) is 69.1 Å². The minimum atomic E-state index is -0.281. The second kappa shape index (κ2) is 8.38. The van der Waals surface area contributed by atoms with E-state index in [1.807, 2.05) is 32.0 Å². The van der Waals surface area contributed by atoms with Gasteiger partial charge in [-0.25, -0.2) is 0 Å². The maximum absolute atomic E-state index is 13.2. The van der Waals surface area contributed by atoms with Crippen molar-refractivity contribution in [2.75, 3.05) is 0 Å². The quantitative estimate of drug-likeness (QED) is 0.539. The SMILES string of the molecule is CC(C)O/N=C1\C[C@H]2[C@@H]3CCc4cc(OCc5ccccc5)ccc4[C@H]3CC[C@]2(C)C1=O. The van der Waals surface area contributed by atoms with Crippen molar-refractivity contribution in [3.63, 3.8) is 0 Å². The molecule has 0 radical (unpaired) electrons. The Labute approximate surface area is 191 Å². The fraction of sp³-hybridized carbons (Fsp3) is 0.500. The van der Waals surface area contributed by atoms with E-state index in [1.54, 1.807) is 0 Å². The molecule has 5 rings (SSSR count). The van der Waals surface area contributed by atoms with Crippen molar-refractivity contribution in [3.05, 3.63) is 65.2 Å². The summed E-state index contributed by atoms with van der Waals surface area (Å²) in [6.07, 6.45) is 4.94. The van der Waals surface area contributed by atoms with E-state index in [-0.39, 0.29) is 17.3 Å². The van der Waals surface area contributed by atoms with Crippen LogP contribution in [0.15, 0.2) is 53.7 Å². The minimum absolute atomic E-state index is 0.00153. The first-order chi connectivity index (χ1) is 15.5. The highest BCUT2D eigenvalue weighted by molar-refractivity contribution is 6.43. The van der Waals surface area contributed by atoms with Crippen molar-refractivity contribution in [1.82, 2.24) is 0 Å². The van der Waals surface area contributed by atoms with Crippen LogP contribution in [0.2, 0.25) is 0 Å². The van der Waals surface area contributed by atoms with Gasteiger partial charge in [-0.3, -0.25) is 4.79 Å². The fourth-order valence-corrected chi connectivity index (χ4v) is 6.25. The molecule has 2 aromatic carbocycles. The molecule has 0 heterocycles. The van der Waals surface area contributed by atoms with Crippen molar-refractivity contribution in [1.29, 1.82) is 0 Å². The zero-order valence-corrected chi connectivity index (χ0v) is 19.3. The van der Waals surface area contributed by atoms with Crippen LogP contribution in [-0.4, -0.2) is 17.6 Å². The number of fused-ring (bicyclic) bond motifs is 5. The summed E-state index contributed by atoms with van der Waals surface area (Å²) in [6, 6.07) is 16.9. The average Bonchev–Trinajstić information content (AvgIpc) is 3.07. The lowest BCUT2D eigenvalue weighted by Crippen LogP contribution is -2.42. The number of aryl methyl sites for hydroxylation is 1. The number of carbonyl (C=O) groups is 1. The lowest BCUT2D eigenvalue weighted by atomic mass is 9.55. The van der Waals surface area contributed by atoms with E-state index in [4.69, 9.17) is 9.57 Å². The summed E-state index contributed by atoms with van der Waals surface area (Å²) in [6.45, 7) is 6.66. The molecule has 2 fully saturated rings. The number of carbonyl (C=O) groups excluding carboxylic acids is 1. The number of hydrogen-bond donors (Lipinski definition) is 0. The summed E-state index contributed by atoms with van der Waals surface area (Å²) in [4.78, 5) is 18.7. The van der Waals surface area contributed by atoms with Gasteiger partial charge in [0, 0.05) is 11.8 Å². The molecule has 0 amide bonds. The Morgan fingerprint density at radius 1 is 1.12 bits per heavy atom. The smallest absolute Gasteiger partial charge is 0.186 e. The van der Waals surface area contributed by atoms with Crippen LogP contribution < -0.4 is 4.74 Å². The number of hydrogen-bond acceptors (Lipinski definition) is 4.